The molecular weight excluding hydrogens is 323 g/mol. The van der Waals surface area contributed by atoms with E-state index in [1.54, 1.807) is 12.2 Å². The molecule has 4 nitrogen and oxygen atoms in total. The van der Waals surface area contributed by atoms with Gasteiger partial charge in [-0.3, -0.25) is 4.79 Å². The van der Waals surface area contributed by atoms with Crippen molar-refractivity contribution in [2.45, 2.75) is 25.4 Å². The highest BCUT2D eigenvalue weighted by atomic mass is 127. The van der Waals surface area contributed by atoms with E-state index in [2.05, 4.69) is 28.5 Å². The third-order valence-electron chi connectivity index (χ3n) is 1.92. The normalized spacial score (nSPS) is 28.4. The molecule has 1 heterocycles. The fraction of sp³-hybridized carbons (Fsp3) is 0.545. The van der Waals surface area contributed by atoms with E-state index in [-0.39, 0.29) is 24.8 Å². The Kier molecular flexibility index (Phi) is 5.80. The van der Waals surface area contributed by atoms with Crippen molar-refractivity contribution in [2.24, 2.45) is 0 Å². The van der Waals surface area contributed by atoms with Gasteiger partial charge in [0.05, 0.1) is 0 Å². The summed E-state index contributed by atoms with van der Waals surface area (Å²) in [5.41, 5.74) is 0. The lowest BCUT2D eigenvalue weighted by Gasteiger charge is -2.30. The van der Waals surface area contributed by atoms with Crippen molar-refractivity contribution in [1.29, 1.82) is 0 Å². The molecule has 88 valence electrons. The van der Waals surface area contributed by atoms with Crippen molar-refractivity contribution in [3.05, 3.63) is 12.2 Å². The van der Waals surface area contributed by atoms with Crippen molar-refractivity contribution in [2.75, 3.05) is 11.0 Å². The van der Waals surface area contributed by atoms with Crippen LogP contribution in [0.4, 0.5) is 0 Å². The summed E-state index contributed by atoms with van der Waals surface area (Å²) < 4.78 is 16.6. The molecule has 3 atom stereocenters. The second-order valence-corrected chi connectivity index (χ2v) is 4.05. The van der Waals surface area contributed by atoms with Crippen LogP contribution in [0.5, 0.6) is 0 Å². The molecule has 1 aliphatic heterocycles. The zero-order valence-corrected chi connectivity index (χ0v) is 11.0. The number of ether oxygens (including phenoxy) is 3. The summed E-state index contributed by atoms with van der Waals surface area (Å²) in [5, 5.41) is 0. The van der Waals surface area contributed by atoms with Crippen molar-refractivity contribution in [3.8, 4) is 12.3 Å². The second kappa shape index (κ2) is 6.89. The Morgan fingerprint density at radius 3 is 2.94 bits per heavy atom. The van der Waals surface area contributed by atoms with Crippen LogP contribution in [0.1, 0.15) is 6.92 Å². The first-order valence-electron chi connectivity index (χ1n) is 4.79. The van der Waals surface area contributed by atoms with Crippen LogP contribution >= 0.6 is 22.6 Å². The van der Waals surface area contributed by atoms with Gasteiger partial charge >= 0.3 is 5.97 Å². The lowest BCUT2D eigenvalue weighted by atomic mass is 10.1. The number of hydrogen-bond acceptors (Lipinski definition) is 4. The quantitative estimate of drug-likeness (QED) is 0.255. The average molecular weight is 336 g/mol. The number of hydrogen-bond donors (Lipinski definition) is 0. The number of esters is 1. The fourth-order valence-electron chi connectivity index (χ4n) is 1.28. The molecule has 0 N–H and O–H groups in total. The smallest absolute Gasteiger partial charge is 0.303 e. The predicted molar refractivity (Wildman–Crippen MR) is 67.0 cm³/mol. The van der Waals surface area contributed by atoms with Gasteiger partial charge in [-0.2, -0.15) is 0 Å². The first-order chi connectivity index (χ1) is 7.67. The van der Waals surface area contributed by atoms with Crippen LogP contribution in [0.25, 0.3) is 0 Å². The van der Waals surface area contributed by atoms with Gasteiger partial charge in [-0.25, -0.2) is 0 Å². The predicted octanol–water partition coefficient (Wildman–Crippen LogP) is 1.28. The Bertz CT molecular complexity index is 308. The van der Waals surface area contributed by atoms with Crippen LogP contribution in [0.3, 0.4) is 0 Å². The lowest BCUT2D eigenvalue weighted by molar-refractivity contribution is -0.175. The van der Waals surface area contributed by atoms with E-state index in [0.29, 0.717) is 4.43 Å². The van der Waals surface area contributed by atoms with Gasteiger partial charge in [0.15, 0.2) is 6.29 Å². The highest BCUT2D eigenvalue weighted by Crippen LogP contribution is 2.18. The minimum Gasteiger partial charge on any atom is -0.455 e. The molecule has 0 amide bonds. The number of terminal acetylenes is 1. The maximum atomic E-state index is 10.9. The van der Waals surface area contributed by atoms with Crippen LogP contribution in [0, 0.1) is 12.3 Å². The van der Waals surface area contributed by atoms with Crippen LogP contribution in [-0.4, -0.2) is 35.5 Å². The highest BCUT2D eigenvalue weighted by molar-refractivity contribution is 14.1. The molecular formula is C11H13IO4. The van der Waals surface area contributed by atoms with E-state index in [4.69, 9.17) is 20.6 Å². The molecule has 0 fully saturated rings. The van der Waals surface area contributed by atoms with Crippen LogP contribution in [0.15, 0.2) is 12.2 Å². The summed E-state index contributed by atoms with van der Waals surface area (Å²) in [7, 11) is 0. The van der Waals surface area contributed by atoms with E-state index >= 15 is 0 Å². The number of halogens is 1. The molecule has 16 heavy (non-hydrogen) atoms. The number of alkyl halides is 1. The molecule has 0 unspecified atom stereocenters. The van der Waals surface area contributed by atoms with Crippen molar-refractivity contribution in [3.63, 3.8) is 0 Å². The summed E-state index contributed by atoms with van der Waals surface area (Å²) >= 11 is 2.17. The van der Waals surface area contributed by atoms with E-state index in [1.807, 2.05) is 0 Å². The average Bonchev–Trinajstić information content (AvgIpc) is 2.27. The second-order valence-electron chi connectivity index (χ2n) is 3.17. The monoisotopic (exact) mass is 336 g/mol. The molecule has 5 heteroatoms. The van der Waals surface area contributed by atoms with Gasteiger partial charge in [0.2, 0.25) is 0 Å². The zero-order chi connectivity index (χ0) is 12.0. The lowest BCUT2D eigenvalue weighted by Crippen LogP contribution is -2.39. The van der Waals surface area contributed by atoms with E-state index in [9.17, 15) is 4.79 Å². The Labute approximate surface area is 108 Å². The number of carbonyl (C=O) groups excluding carboxylic acids is 1. The van der Waals surface area contributed by atoms with Gasteiger partial charge < -0.3 is 14.2 Å². The Morgan fingerprint density at radius 1 is 1.62 bits per heavy atom. The summed E-state index contributed by atoms with van der Waals surface area (Å²) in [6, 6.07) is 0. The molecule has 0 aromatic rings. The van der Waals surface area contributed by atoms with Crippen LogP contribution in [0.2, 0.25) is 0 Å². The first kappa shape index (κ1) is 13.5. The zero-order valence-electron chi connectivity index (χ0n) is 8.89. The Morgan fingerprint density at radius 2 is 2.38 bits per heavy atom. The molecule has 0 aliphatic carbocycles. The number of rotatable bonds is 4. The van der Waals surface area contributed by atoms with Gasteiger partial charge in [-0.15, -0.1) is 6.42 Å². The Balaban J connectivity index is 2.56. The third kappa shape index (κ3) is 4.12. The fourth-order valence-corrected chi connectivity index (χ4v) is 1.98. The van der Waals surface area contributed by atoms with Gasteiger partial charge in [0.25, 0.3) is 0 Å². The largest absolute Gasteiger partial charge is 0.455 e. The highest BCUT2D eigenvalue weighted by Gasteiger charge is 2.28. The van der Waals surface area contributed by atoms with Crippen molar-refractivity contribution < 1.29 is 19.0 Å². The molecule has 0 saturated heterocycles. The molecule has 0 radical (unpaired) electrons. The van der Waals surface area contributed by atoms with Gasteiger partial charge in [0, 0.05) is 11.4 Å². The van der Waals surface area contributed by atoms with E-state index in [1.165, 1.54) is 6.92 Å². The topological polar surface area (TPSA) is 44.8 Å². The molecule has 0 saturated carbocycles. The third-order valence-corrected chi connectivity index (χ3v) is 2.79. The SMILES string of the molecule is C#CCO[C@@H]1C=C[C@H](OC(C)=O)[C@@H](CI)O1. The molecule has 0 bridgehead atoms. The molecule has 1 aliphatic rings. The van der Waals surface area contributed by atoms with Crippen molar-refractivity contribution >= 4 is 28.6 Å². The molecule has 0 aromatic heterocycles. The van der Waals surface area contributed by atoms with Crippen LogP contribution in [-0.2, 0) is 19.0 Å². The van der Waals surface area contributed by atoms with Crippen molar-refractivity contribution in [1.82, 2.24) is 0 Å². The minimum atomic E-state index is -0.456. The first-order valence-corrected chi connectivity index (χ1v) is 6.32. The van der Waals surface area contributed by atoms with Crippen LogP contribution < -0.4 is 0 Å². The minimum absolute atomic E-state index is 0.196. The van der Waals surface area contributed by atoms with E-state index in [0.717, 1.165) is 0 Å². The molecule has 0 spiro atoms. The van der Waals surface area contributed by atoms with Gasteiger partial charge in [-0.1, -0.05) is 28.5 Å². The molecule has 0 aromatic carbocycles. The number of carbonyl (C=O) groups is 1. The van der Waals surface area contributed by atoms with E-state index < -0.39 is 6.29 Å². The van der Waals surface area contributed by atoms with Gasteiger partial charge in [0.1, 0.15) is 18.8 Å². The summed E-state index contributed by atoms with van der Waals surface area (Å²) in [6.07, 6.45) is 7.56. The summed E-state index contributed by atoms with van der Waals surface area (Å²) in [5.74, 6) is 2.04. The summed E-state index contributed by atoms with van der Waals surface area (Å²) in [6.45, 7) is 1.57. The maximum absolute atomic E-state index is 10.9. The summed E-state index contributed by atoms with van der Waals surface area (Å²) in [4.78, 5) is 10.9. The van der Waals surface area contributed by atoms with Gasteiger partial charge in [-0.05, 0) is 12.2 Å². The standard InChI is InChI=1S/C11H13IO4/c1-3-6-14-11-5-4-9(15-8(2)13)10(7-12)16-11/h1,4-5,9-11H,6-7H2,2H3/t9-,10+,11-/m0/s1. The maximum Gasteiger partial charge on any atom is 0.303 e. The Hall–Kier alpha value is -0.580. The molecule has 1 rings (SSSR count).